The van der Waals surface area contributed by atoms with Gasteiger partial charge in [0, 0.05) is 6.08 Å². The fourth-order valence-electron chi connectivity index (χ4n) is 1.89. The molecule has 9 heteroatoms. The molecule has 0 rings (SSSR count). The van der Waals surface area contributed by atoms with Crippen molar-refractivity contribution in [1.82, 2.24) is 0 Å². The molecule has 3 nitrogen and oxygen atoms in total. The Morgan fingerprint density at radius 3 is 1.65 bits per heavy atom. The number of halogens is 6. The van der Waals surface area contributed by atoms with Crippen LogP contribution in [0.4, 0.5) is 26.3 Å². The number of hydrogen-bond acceptors (Lipinski definition) is 3. The number of carbonyl (C=O) groups excluding carboxylic acids is 1. The molecule has 0 bridgehead atoms. The van der Waals surface area contributed by atoms with Crippen molar-refractivity contribution in [3.8, 4) is 0 Å². The van der Waals surface area contributed by atoms with Gasteiger partial charge in [0.15, 0.2) is 5.60 Å². The molecule has 1 N–H and O–H groups in total. The van der Waals surface area contributed by atoms with Gasteiger partial charge in [-0.15, -0.1) is 0 Å². The fraction of sp³-hybridized carbons (Fsp3) is 0.727. The molecule has 0 spiro atoms. The summed E-state index contributed by atoms with van der Waals surface area (Å²) in [6.45, 7) is 4.79. The number of esters is 1. The van der Waals surface area contributed by atoms with Gasteiger partial charge in [-0.25, -0.2) is 4.79 Å². The number of aliphatic hydroxyl groups is 1. The molecule has 0 aliphatic heterocycles. The SMILES string of the molecule is C=CC(=O)OC(CC)(CC)C(O)(C(F)(F)F)C(F)(F)F. The first-order valence-electron chi connectivity index (χ1n) is 5.54. The molecule has 0 aromatic rings. The predicted octanol–water partition coefficient (Wildman–Crippen LogP) is 3.13. The quantitative estimate of drug-likeness (QED) is 0.482. The van der Waals surface area contributed by atoms with Gasteiger partial charge in [0.25, 0.3) is 5.60 Å². The van der Waals surface area contributed by atoms with Crippen LogP contribution in [-0.4, -0.2) is 34.6 Å². The molecule has 0 fully saturated rings. The van der Waals surface area contributed by atoms with E-state index < -0.39 is 42.4 Å². The molecule has 0 saturated carbocycles. The highest BCUT2D eigenvalue weighted by molar-refractivity contribution is 5.81. The lowest BCUT2D eigenvalue weighted by atomic mass is 9.77. The Hall–Kier alpha value is -1.25. The maximum absolute atomic E-state index is 12.8. The molecule has 0 heterocycles. The standard InChI is InChI=1S/C11H14F6O3/c1-4-7(18)20-8(5-2,6-3)9(19,10(12,13)14)11(15,16)17/h4,19H,1,5-6H2,2-3H3. The van der Waals surface area contributed by atoms with Crippen LogP contribution >= 0.6 is 0 Å². The largest absolute Gasteiger partial charge is 0.452 e. The minimum Gasteiger partial charge on any atom is -0.452 e. The summed E-state index contributed by atoms with van der Waals surface area (Å²) in [5.74, 6) is -1.49. The normalized spacial score (nSPS) is 14.1. The van der Waals surface area contributed by atoms with Gasteiger partial charge in [-0.3, -0.25) is 0 Å². The van der Waals surface area contributed by atoms with Crippen molar-refractivity contribution < 1.29 is 41.0 Å². The zero-order chi connectivity index (χ0) is 16.4. The van der Waals surface area contributed by atoms with E-state index in [2.05, 4.69) is 11.3 Å². The van der Waals surface area contributed by atoms with Crippen LogP contribution in [0.1, 0.15) is 26.7 Å². The second-order valence-electron chi connectivity index (χ2n) is 4.03. The van der Waals surface area contributed by atoms with E-state index in [0.717, 1.165) is 13.8 Å². The molecule has 0 aliphatic carbocycles. The molecule has 0 radical (unpaired) electrons. The van der Waals surface area contributed by atoms with Gasteiger partial charge in [0.2, 0.25) is 0 Å². The monoisotopic (exact) mass is 308 g/mol. The average molecular weight is 308 g/mol. The lowest BCUT2D eigenvalue weighted by Crippen LogP contribution is -2.71. The van der Waals surface area contributed by atoms with Gasteiger partial charge in [-0.05, 0) is 12.8 Å². The van der Waals surface area contributed by atoms with Crippen molar-refractivity contribution in [2.75, 3.05) is 0 Å². The van der Waals surface area contributed by atoms with Crippen LogP contribution in [0.2, 0.25) is 0 Å². The fourth-order valence-corrected chi connectivity index (χ4v) is 1.89. The molecule has 0 unspecified atom stereocenters. The highest BCUT2D eigenvalue weighted by Crippen LogP contribution is 2.53. The van der Waals surface area contributed by atoms with E-state index in [1.807, 2.05) is 0 Å². The Bertz CT molecular complexity index is 353. The molecule has 0 aromatic heterocycles. The first kappa shape index (κ1) is 18.8. The number of rotatable bonds is 5. The number of hydrogen-bond donors (Lipinski definition) is 1. The second-order valence-corrected chi connectivity index (χ2v) is 4.03. The van der Waals surface area contributed by atoms with Gasteiger partial charge in [0.1, 0.15) is 0 Å². The number of carbonyl (C=O) groups is 1. The van der Waals surface area contributed by atoms with Crippen molar-refractivity contribution in [1.29, 1.82) is 0 Å². The molecule has 0 amide bonds. The van der Waals surface area contributed by atoms with Gasteiger partial charge >= 0.3 is 18.3 Å². The van der Waals surface area contributed by atoms with Crippen molar-refractivity contribution in [2.45, 2.75) is 50.2 Å². The molecule has 0 aromatic carbocycles. The zero-order valence-electron chi connectivity index (χ0n) is 10.7. The topological polar surface area (TPSA) is 46.5 Å². The van der Waals surface area contributed by atoms with E-state index in [1.54, 1.807) is 0 Å². The van der Waals surface area contributed by atoms with E-state index >= 15 is 0 Å². The first-order chi connectivity index (χ1) is 8.83. The predicted molar refractivity (Wildman–Crippen MR) is 56.7 cm³/mol. The molecule has 0 aliphatic rings. The summed E-state index contributed by atoms with van der Waals surface area (Å²) in [5.41, 5.74) is -8.36. The lowest BCUT2D eigenvalue weighted by Gasteiger charge is -2.46. The van der Waals surface area contributed by atoms with E-state index in [1.165, 1.54) is 0 Å². The third-order valence-electron chi connectivity index (χ3n) is 3.08. The first-order valence-corrected chi connectivity index (χ1v) is 5.54. The molecule has 118 valence electrons. The van der Waals surface area contributed by atoms with Crippen LogP contribution in [-0.2, 0) is 9.53 Å². The summed E-state index contributed by atoms with van der Waals surface area (Å²) in [5, 5.41) is 9.38. The Labute approximate surface area is 111 Å². The van der Waals surface area contributed by atoms with E-state index in [-0.39, 0.29) is 0 Å². The van der Waals surface area contributed by atoms with Crippen molar-refractivity contribution in [2.24, 2.45) is 0 Å². The third kappa shape index (κ3) is 2.77. The summed E-state index contributed by atoms with van der Waals surface area (Å²) in [6.07, 6.45) is -13.5. The van der Waals surface area contributed by atoms with Crippen molar-refractivity contribution >= 4 is 5.97 Å². The van der Waals surface area contributed by atoms with Crippen LogP contribution < -0.4 is 0 Å². The van der Waals surface area contributed by atoms with Crippen LogP contribution in [0, 0.1) is 0 Å². The summed E-state index contributed by atoms with van der Waals surface area (Å²) in [4.78, 5) is 11.1. The van der Waals surface area contributed by atoms with E-state index in [0.29, 0.717) is 6.08 Å². The number of ether oxygens (including phenoxy) is 1. The Morgan fingerprint density at radius 2 is 1.45 bits per heavy atom. The zero-order valence-corrected chi connectivity index (χ0v) is 10.7. The molecule has 0 atom stereocenters. The van der Waals surface area contributed by atoms with Crippen molar-refractivity contribution in [3.05, 3.63) is 12.7 Å². The number of alkyl halides is 6. The summed E-state index contributed by atoms with van der Waals surface area (Å²) in [7, 11) is 0. The van der Waals surface area contributed by atoms with Gasteiger partial charge in [0.05, 0.1) is 0 Å². The second kappa shape index (κ2) is 5.63. The van der Waals surface area contributed by atoms with Gasteiger partial charge < -0.3 is 9.84 Å². The average Bonchev–Trinajstić information content (AvgIpc) is 2.32. The molecular weight excluding hydrogens is 294 g/mol. The van der Waals surface area contributed by atoms with Crippen LogP contribution in [0.3, 0.4) is 0 Å². The third-order valence-corrected chi connectivity index (χ3v) is 3.08. The summed E-state index contributed by atoms with van der Waals surface area (Å²) in [6, 6.07) is 0. The van der Waals surface area contributed by atoms with Crippen molar-refractivity contribution in [3.63, 3.8) is 0 Å². The van der Waals surface area contributed by atoms with Gasteiger partial charge in [-0.1, -0.05) is 20.4 Å². The lowest BCUT2D eigenvalue weighted by molar-refractivity contribution is -0.413. The summed E-state index contributed by atoms with van der Waals surface area (Å²) < 4.78 is 81.3. The van der Waals surface area contributed by atoms with Crippen LogP contribution in [0.25, 0.3) is 0 Å². The minimum atomic E-state index is -6.07. The molecule has 20 heavy (non-hydrogen) atoms. The Morgan fingerprint density at radius 1 is 1.10 bits per heavy atom. The van der Waals surface area contributed by atoms with Crippen LogP contribution in [0.15, 0.2) is 12.7 Å². The molecule has 0 saturated heterocycles. The van der Waals surface area contributed by atoms with Gasteiger partial charge in [-0.2, -0.15) is 26.3 Å². The van der Waals surface area contributed by atoms with E-state index in [4.69, 9.17) is 0 Å². The van der Waals surface area contributed by atoms with E-state index in [9.17, 15) is 36.2 Å². The highest BCUT2D eigenvalue weighted by atomic mass is 19.4. The maximum Gasteiger partial charge on any atom is 0.430 e. The smallest absolute Gasteiger partial charge is 0.430 e. The molecular formula is C11H14F6O3. The Kier molecular flexibility index (Phi) is 5.28. The maximum atomic E-state index is 12.8. The van der Waals surface area contributed by atoms with Crippen LogP contribution in [0.5, 0.6) is 0 Å². The highest BCUT2D eigenvalue weighted by Gasteiger charge is 2.80. The minimum absolute atomic E-state index is 0.424. The Balaban J connectivity index is 6.19. The summed E-state index contributed by atoms with van der Waals surface area (Å²) >= 11 is 0.